The number of carbonyl (C=O) groups is 4. The van der Waals surface area contributed by atoms with Gasteiger partial charge >= 0.3 is 0 Å². The zero-order chi connectivity index (χ0) is 46.1. The van der Waals surface area contributed by atoms with Gasteiger partial charge in [-0.1, -0.05) is 23.2 Å². The molecule has 0 bridgehead atoms. The molecule has 6 aromatic rings. The van der Waals surface area contributed by atoms with Gasteiger partial charge in [0.2, 0.25) is 11.1 Å². The van der Waals surface area contributed by atoms with Crippen molar-refractivity contribution in [2.75, 3.05) is 29.9 Å². The summed E-state index contributed by atoms with van der Waals surface area (Å²) >= 11 is 16.9. The van der Waals surface area contributed by atoms with Gasteiger partial charge in [-0.2, -0.15) is 14.7 Å². The summed E-state index contributed by atoms with van der Waals surface area (Å²) in [7, 11) is 0. The number of aryl methyl sites for hydroxylation is 1. The second-order valence-electron chi connectivity index (χ2n) is 17.2. The Hall–Kier alpha value is -5.77. The Kier molecular flexibility index (Phi) is 13.6. The van der Waals surface area contributed by atoms with E-state index in [4.69, 9.17) is 54.8 Å². The van der Waals surface area contributed by atoms with Crippen LogP contribution >= 0.6 is 34.8 Å². The number of piperidine rings is 2. The van der Waals surface area contributed by atoms with Crippen LogP contribution < -0.4 is 16.8 Å². The Morgan fingerprint density at radius 1 is 0.631 bits per heavy atom. The van der Waals surface area contributed by atoms with E-state index in [-0.39, 0.29) is 35.0 Å². The number of hydrogen-bond acceptors (Lipinski definition) is 10. The maximum Gasteiger partial charge on any atom is 0.256 e. The standard InChI is InChI=1S/C24H26ClN5O2.C21H23ClN6O.C2H3ClO/c1-14-11-20(16-6-7-16)27-23-13-21(28-30(14)23)22-5-3-4-10-29(22)24(32)18-12-17(25)8-9-19(18)26-15(2)31;22-13-6-7-15(23)14(9-13)21(29)27-8-2-1-3-18(27)17-11-20-25-16(12-4-5-12)10-19(24)28(20)26-17;1-2(3)4/h8-9,11-13,16,22H,3-7,10H2,1-2H3,(H,26,31);6-7,9-12,18H,1-5,8,23-24H2;1H3/t22-;18-;/m00./s1. The number of nitrogens with two attached hydrogens (primary N) is 2. The van der Waals surface area contributed by atoms with Crippen molar-refractivity contribution in [2.45, 2.75) is 109 Å². The van der Waals surface area contributed by atoms with E-state index in [0.717, 1.165) is 91.1 Å². The number of carbonyl (C=O) groups excluding carboxylic acids is 4. The van der Waals surface area contributed by atoms with Crippen LogP contribution in [0.3, 0.4) is 0 Å². The molecular weight excluding hydrogens is 889 g/mol. The second-order valence-corrected chi connectivity index (χ2v) is 18.7. The van der Waals surface area contributed by atoms with Gasteiger partial charge in [0.25, 0.3) is 11.8 Å². The quantitative estimate of drug-likeness (QED) is 0.102. The highest BCUT2D eigenvalue weighted by Crippen LogP contribution is 2.41. The molecule has 2 aliphatic heterocycles. The number of likely N-dealkylation sites (tertiary alicyclic amines) is 2. The summed E-state index contributed by atoms with van der Waals surface area (Å²) in [5.41, 5.74) is 20.5. The number of aromatic nitrogens is 6. The van der Waals surface area contributed by atoms with E-state index in [1.807, 2.05) is 39.4 Å². The molecule has 3 amide bonds. The number of amides is 3. The molecule has 4 aromatic heterocycles. The van der Waals surface area contributed by atoms with Crippen LogP contribution in [-0.2, 0) is 9.59 Å². The Morgan fingerprint density at radius 2 is 1.12 bits per heavy atom. The number of hydrogen-bond donors (Lipinski definition) is 3. The topological polar surface area (TPSA) is 199 Å². The van der Waals surface area contributed by atoms with Gasteiger partial charge in [0.05, 0.1) is 40.3 Å². The molecule has 18 heteroatoms. The average molecular weight is 941 g/mol. The Morgan fingerprint density at radius 3 is 1.68 bits per heavy atom. The smallest absolute Gasteiger partial charge is 0.256 e. The van der Waals surface area contributed by atoms with Crippen molar-refractivity contribution < 1.29 is 19.2 Å². The van der Waals surface area contributed by atoms with Crippen LogP contribution in [0.25, 0.3) is 11.3 Å². The predicted octanol–water partition coefficient (Wildman–Crippen LogP) is 9.46. The third kappa shape index (κ3) is 10.5. The Balaban J connectivity index is 0.000000165. The molecule has 15 nitrogen and oxygen atoms in total. The first-order chi connectivity index (χ1) is 31.1. The van der Waals surface area contributed by atoms with Gasteiger partial charge in [-0.05, 0) is 125 Å². The molecule has 4 aliphatic rings. The monoisotopic (exact) mass is 939 g/mol. The summed E-state index contributed by atoms with van der Waals surface area (Å²) in [5, 5.41) is 12.9. The number of halogens is 3. The van der Waals surface area contributed by atoms with Gasteiger partial charge < -0.3 is 26.6 Å². The molecule has 340 valence electrons. The van der Waals surface area contributed by atoms with Crippen LogP contribution in [-0.4, -0.2) is 75.0 Å². The van der Waals surface area contributed by atoms with Crippen LogP contribution in [0.1, 0.15) is 151 Å². The zero-order valence-electron chi connectivity index (χ0n) is 36.6. The minimum atomic E-state index is -0.361. The Bertz CT molecular complexity index is 2800. The number of anilines is 3. The molecule has 2 saturated heterocycles. The number of benzene rings is 2. The van der Waals surface area contributed by atoms with Gasteiger partial charge in [0, 0.05) is 89.8 Å². The van der Waals surface area contributed by atoms with Crippen molar-refractivity contribution >= 4 is 86.3 Å². The summed E-state index contributed by atoms with van der Waals surface area (Å²) in [6.45, 7) is 6.05. The molecule has 2 saturated carbocycles. The number of fused-ring (bicyclic) bond motifs is 2. The minimum Gasteiger partial charge on any atom is -0.398 e. The van der Waals surface area contributed by atoms with E-state index in [1.54, 1.807) is 40.9 Å². The van der Waals surface area contributed by atoms with Crippen molar-refractivity contribution in [3.05, 3.63) is 110 Å². The highest BCUT2D eigenvalue weighted by atomic mass is 35.5. The lowest BCUT2D eigenvalue weighted by atomic mass is 9.98. The lowest BCUT2D eigenvalue weighted by molar-refractivity contribution is -0.114. The van der Waals surface area contributed by atoms with Crippen LogP contribution in [0, 0.1) is 6.92 Å². The third-order valence-corrected chi connectivity index (χ3v) is 12.6. The summed E-state index contributed by atoms with van der Waals surface area (Å²) in [6.07, 6.45) is 10.3. The number of nitrogens with one attached hydrogen (secondary N) is 1. The molecule has 5 N–H and O–H groups in total. The van der Waals surface area contributed by atoms with E-state index >= 15 is 0 Å². The predicted molar refractivity (Wildman–Crippen MR) is 252 cm³/mol. The van der Waals surface area contributed by atoms with Gasteiger partial charge in [-0.3, -0.25) is 19.2 Å². The molecule has 4 fully saturated rings. The molecule has 6 heterocycles. The molecule has 2 atom stereocenters. The van der Waals surface area contributed by atoms with Crippen LogP contribution in [0.2, 0.25) is 10.0 Å². The molecule has 2 aromatic carbocycles. The van der Waals surface area contributed by atoms with E-state index < -0.39 is 0 Å². The van der Waals surface area contributed by atoms with Gasteiger partial charge in [0.1, 0.15) is 5.82 Å². The fourth-order valence-electron chi connectivity index (χ4n) is 8.69. The van der Waals surface area contributed by atoms with Crippen molar-refractivity contribution in [2.24, 2.45) is 0 Å². The third-order valence-electron chi connectivity index (χ3n) is 12.1. The Labute approximate surface area is 391 Å². The fourth-order valence-corrected chi connectivity index (χ4v) is 9.03. The van der Waals surface area contributed by atoms with E-state index in [1.165, 1.54) is 26.7 Å². The van der Waals surface area contributed by atoms with Crippen molar-refractivity contribution in [3.8, 4) is 0 Å². The minimum absolute atomic E-state index is 0.119. The summed E-state index contributed by atoms with van der Waals surface area (Å²) in [4.78, 5) is 61.1. The van der Waals surface area contributed by atoms with Crippen LogP contribution in [0.5, 0.6) is 0 Å². The SMILES string of the molecule is CC(=O)Cl.CC(=O)Nc1ccc(Cl)cc1C(=O)N1CCCC[C@H]1c1cc2nc(C3CC3)cc(C)n2n1.Nc1ccc(Cl)cc1C(=O)N1CCCC[C@H]1c1cc2nc(C3CC3)cc(N)n2n1. The second kappa shape index (κ2) is 19.4. The molecule has 0 radical (unpaired) electrons. The van der Waals surface area contributed by atoms with Crippen molar-refractivity contribution in [1.29, 1.82) is 0 Å². The summed E-state index contributed by atoms with van der Waals surface area (Å²) in [6, 6.07) is 17.7. The first kappa shape index (κ1) is 45.8. The normalized spacial score (nSPS) is 18.4. The highest BCUT2D eigenvalue weighted by molar-refractivity contribution is 6.62. The number of nitrogen functional groups attached to an aromatic ring is 2. The molecule has 0 unspecified atom stereocenters. The van der Waals surface area contributed by atoms with Crippen LogP contribution in [0.15, 0.2) is 60.7 Å². The summed E-state index contributed by atoms with van der Waals surface area (Å²) < 4.78 is 3.55. The number of nitrogens with zero attached hydrogens (tertiary/aromatic N) is 8. The molecule has 65 heavy (non-hydrogen) atoms. The molecule has 10 rings (SSSR count). The fraction of sp³-hybridized carbons (Fsp3) is 0.404. The van der Waals surface area contributed by atoms with E-state index in [2.05, 4.69) is 23.0 Å². The van der Waals surface area contributed by atoms with Gasteiger partial charge in [-0.15, -0.1) is 0 Å². The van der Waals surface area contributed by atoms with Gasteiger partial charge in [0.15, 0.2) is 11.3 Å². The maximum absolute atomic E-state index is 13.6. The lowest BCUT2D eigenvalue weighted by Gasteiger charge is -2.35. The first-order valence-corrected chi connectivity index (χ1v) is 23.2. The molecular formula is C47H52Cl3N11O4. The lowest BCUT2D eigenvalue weighted by Crippen LogP contribution is -2.39. The highest BCUT2D eigenvalue weighted by Gasteiger charge is 2.35. The van der Waals surface area contributed by atoms with E-state index in [9.17, 15) is 19.2 Å². The van der Waals surface area contributed by atoms with E-state index in [0.29, 0.717) is 63.3 Å². The molecule has 0 spiro atoms. The largest absolute Gasteiger partial charge is 0.398 e. The van der Waals surface area contributed by atoms with Crippen LogP contribution in [0.4, 0.5) is 17.2 Å². The maximum atomic E-state index is 13.6. The first-order valence-electron chi connectivity index (χ1n) is 22.1. The molecule has 2 aliphatic carbocycles. The average Bonchev–Trinajstić information content (AvgIpc) is 4.22. The van der Waals surface area contributed by atoms with Crippen molar-refractivity contribution in [1.82, 2.24) is 39.0 Å². The zero-order valence-corrected chi connectivity index (χ0v) is 38.8. The summed E-state index contributed by atoms with van der Waals surface area (Å²) in [5.74, 6) is 1.16. The van der Waals surface area contributed by atoms with Gasteiger partial charge in [-0.25, -0.2) is 14.5 Å². The number of rotatable bonds is 7. The van der Waals surface area contributed by atoms with Crippen molar-refractivity contribution in [3.63, 3.8) is 0 Å².